The lowest BCUT2D eigenvalue weighted by atomic mass is 9.33. The lowest BCUT2D eigenvalue weighted by Gasteiger charge is -2.44. The third-order valence-electron chi connectivity index (χ3n) is 23.4. The first-order valence-corrected chi connectivity index (χ1v) is 41.4. The van der Waals surface area contributed by atoms with Crippen LogP contribution >= 0.6 is 0 Å². The fourth-order valence-corrected chi connectivity index (χ4v) is 17.5. The molecule has 124 heavy (non-hydrogen) atoms. The number of para-hydroxylation sites is 3. The van der Waals surface area contributed by atoms with Crippen molar-refractivity contribution in [3.05, 3.63) is 419 Å². The zero-order chi connectivity index (χ0) is 82.0. The highest BCUT2D eigenvalue weighted by molar-refractivity contribution is 7.00. The Bertz CT molecular complexity index is 7310. The molecule has 0 aliphatic carbocycles. The molecule has 7 heterocycles. The molecule has 0 bridgehead atoms. The van der Waals surface area contributed by atoms with Gasteiger partial charge >= 0.3 is 0 Å². The second kappa shape index (κ2) is 30.8. The quantitative estimate of drug-likeness (QED) is 0.0844. The van der Waals surface area contributed by atoms with Crippen molar-refractivity contribution in [3.63, 3.8) is 0 Å². The number of aromatic nitrogens is 12. The van der Waals surface area contributed by atoms with E-state index in [0.29, 0.717) is 69.5 Å². The molecule has 2 aliphatic rings. The number of hydrogen-bond acceptors (Lipinski definition) is 13. The maximum atomic E-state index is 5.73. The van der Waals surface area contributed by atoms with Crippen molar-refractivity contribution in [1.29, 1.82) is 0 Å². The Labute approximate surface area is 715 Å². The minimum Gasteiger partial charge on any atom is -0.311 e. The molecular weight excluding hydrogens is 1520 g/mol. The second-order valence-electron chi connectivity index (χ2n) is 30.9. The molecular formula is C109H69BN14. The number of hydrogen-bond donors (Lipinski definition) is 0. The second-order valence-corrected chi connectivity index (χ2v) is 30.9. The van der Waals surface area contributed by atoms with Crippen LogP contribution in [0.4, 0.5) is 34.1 Å². The summed E-state index contributed by atoms with van der Waals surface area (Å²) in [6.45, 7) is 0.0277. The fourth-order valence-electron chi connectivity index (χ4n) is 17.5. The van der Waals surface area contributed by atoms with Gasteiger partial charge in [-0.05, 0) is 137 Å². The predicted octanol–water partition coefficient (Wildman–Crippen LogP) is 23.9. The van der Waals surface area contributed by atoms with Gasteiger partial charge in [0.1, 0.15) is 0 Å². The van der Waals surface area contributed by atoms with Crippen molar-refractivity contribution in [1.82, 2.24) is 59.4 Å². The van der Waals surface area contributed by atoms with Crippen LogP contribution in [0.5, 0.6) is 0 Å². The Morgan fingerprint density at radius 3 is 0.919 bits per heavy atom. The average Bonchev–Trinajstić information content (AvgIpc) is 0.852. The van der Waals surface area contributed by atoms with Crippen molar-refractivity contribution in [2.75, 3.05) is 9.80 Å². The van der Waals surface area contributed by atoms with Gasteiger partial charge in [-0.1, -0.05) is 309 Å². The molecule has 0 N–H and O–H groups in total. The summed E-state index contributed by atoms with van der Waals surface area (Å²) >= 11 is 0. The van der Waals surface area contributed by atoms with Crippen LogP contribution in [0.3, 0.4) is 0 Å². The molecule has 14 nitrogen and oxygen atoms in total. The summed E-state index contributed by atoms with van der Waals surface area (Å²) in [7, 11) is 0. The molecule has 0 saturated carbocycles. The highest BCUT2D eigenvalue weighted by Crippen LogP contribution is 2.47. The van der Waals surface area contributed by atoms with Gasteiger partial charge in [-0.15, -0.1) is 0 Å². The van der Waals surface area contributed by atoms with Gasteiger partial charge in [-0.2, -0.15) is 0 Å². The normalized spacial score (nSPS) is 12.0. The van der Waals surface area contributed by atoms with E-state index in [1.807, 2.05) is 176 Å². The van der Waals surface area contributed by atoms with Gasteiger partial charge in [0.25, 0.3) is 6.71 Å². The summed E-state index contributed by atoms with van der Waals surface area (Å²) < 4.78 is 2.32. The van der Waals surface area contributed by atoms with Gasteiger partial charge in [-0.3, -0.25) is 0 Å². The van der Waals surface area contributed by atoms with Gasteiger partial charge in [0.05, 0.1) is 28.1 Å². The largest absolute Gasteiger partial charge is 0.311 e. The molecule has 0 radical (unpaired) electrons. The molecule has 0 spiro atoms. The van der Waals surface area contributed by atoms with Gasteiger partial charge in [0.15, 0.2) is 58.2 Å². The highest BCUT2D eigenvalue weighted by atomic mass is 15.2. The van der Waals surface area contributed by atoms with E-state index in [1.165, 1.54) is 27.8 Å². The van der Waals surface area contributed by atoms with E-state index in [0.717, 1.165) is 128 Å². The van der Waals surface area contributed by atoms with Crippen LogP contribution in [0.2, 0.25) is 0 Å². The van der Waals surface area contributed by atoms with Crippen LogP contribution in [-0.2, 0) is 0 Å². The van der Waals surface area contributed by atoms with Crippen molar-refractivity contribution >= 4 is 79.0 Å². The van der Waals surface area contributed by atoms with Gasteiger partial charge < -0.3 is 14.4 Å². The summed E-state index contributed by atoms with van der Waals surface area (Å²) in [6, 6.07) is 145. The topological polar surface area (TPSA) is 153 Å². The summed E-state index contributed by atoms with van der Waals surface area (Å²) in [5.41, 5.74) is 26.7. The summed E-state index contributed by atoms with van der Waals surface area (Å²) in [5.74, 6) is 5.23. The first kappa shape index (κ1) is 72.3. The van der Waals surface area contributed by atoms with E-state index in [1.54, 1.807) is 0 Å². The number of nitrogens with zero attached hydrogens (tertiary/aromatic N) is 14. The van der Waals surface area contributed by atoms with E-state index >= 15 is 0 Å². The van der Waals surface area contributed by atoms with Crippen molar-refractivity contribution in [2.24, 2.45) is 0 Å². The SMILES string of the molecule is c1ccc(-c2cc(-c3ccc(-n4c5ccc(-c6nc(-c7ccccc7)nc(-c7ccccc7)n6)cc5c5cc(-c6nc(-c7ccccc7)nc(-c7ccccc7)n6)ccc54)c(-c4nc(-c5ccccc5)nc(-c5cccc(-c6ccc(N7c8ccccc8B8c9ccccc9N(c9ccccc9)c9cccc7c98)cc6)c5)n4)c3)nc(-c3ccccc3)n2)cc1. The molecule has 0 unspecified atom stereocenters. The van der Waals surface area contributed by atoms with E-state index in [-0.39, 0.29) is 6.71 Å². The Hall–Kier alpha value is -16.9. The summed E-state index contributed by atoms with van der Waals surface area (Å²) in [6.07, 6.45) is 0. The maximum absolute atomic E-state index is 5.73. The third kappa shape index (κ3) is 13.2. The van der Waals surface area contributed by atoms with Crippen molar-refractivity contribution in [2.45, 2.75) is 0 Å². The first-order chi connectivity index (χ1) is 61.4. The molecule has 21 aromatic rings. The van der Waals surface area contributed by atoms with Crippen LogP contribution in [0.1, 0.15) is 0 Å². The Kier molecular flexibility index (Phi) is 18.0. The summed E-state index contributed by atoms with van der Waals surface area (Å²) in [4.78, 5) is 63.8. The molecule has 0 amide bonds. The highest BCUT2D eigenvalue weighted by Gasteiger charge is 2.43. The van der Waals surface area contributed by atoms with E-state index in [4.69, 9.17) is 54.8 Å². The standard InChI is InChI=1S/C109H69BN14/c1-9-31-71(32-10-1)90-69-91(112-100(111-90)72-33-11-2-12-34-72)79-57-62-94(124-92-63-58-81(107-115-101(73-35-13-3-14-36-73)113-102(116-107)74-37-15-4-16-38-74)67-85(92)86-68-82(59-64-93(86)124)108-117-103(75-39-17-5-18-40-75)114-104(118-108)76-41-19-6-20-42-76)87(66-79)109-120-105(77-43-21-7-22-44-77)119-106(121-109)80-46-29-45-78(65-80)70-55-60-84(61-56-70)123-96-52-28-26-50-89(96)110-88-49-25-27-51-95(88)122(83-47-23-8-24-48-83)97-53-30-54-98(123)99(97)110/h1-69H. The molecule has 578 valence electrons. The lowest BCUT2D eigenvalue weighted by Crippen LogP contribution is -2.61. The van der Waals surface area contributed by atoms with Gasteiger partial charge in [0.2, 0.25) is 0 Å². The van der Waals surface area contributed by atoms with Crippen molar-refractivity contribution in [3.8, 4) is 153 Å². The average molecular weight is 1590 g/mol. The van der Waals surface area contributed by atoms with Crippen LogP contribution in [0, 0.1) is 0 Å². The molecule has 0 fully saturated rings. The van der Waals surface area contributed by atoms with Crippen LogP contribution in [0.25, 0.3) is 175 Å². The van der Waals surface area contributed by atoms with Crippen LogP contribution in [-0.4, -0.2) is 66.1 Å². The molecule has 15 heteroatoms. The van der Waals surface area contributed by atoms with E-state index in [9.17, 15) is 0 Å². The zero-order valence-electron chi connectivity index (χ0n) is 66.7. The monoisotopic (exact) mass is 1580 g/mol. The minimum atomic E-state index is 0.0277. The van der Waals surface area contributed by atoms with Gasteiger partial charge in [0, 0.05) is 112 Å². The number of anilines is 6. The smallest absolute Gasteiger partial charge is 0.252 e. The molecule has 0 saturated heterocycles. The van der Waals surface area contributed by atoms with E-state index in [2.05, 4.69) is 257 Å². The predicted molar refractivity (Wildman–Crippen MR) is 501 cm³/mol. The number of rotatable bonds is 16. The van der Waals surface area contributed by atoms with E-state index < -0.39 is 0 Å². The number of fused-ring (bicyclic) bond motifs is 7. The minimum absolute atomic E-state index is 0.0277. The molecule has 2 aliphatic heterocycles. The lowest BCUT2D eigenvalue weighted by molar-refractivity contribution is 1.06. The van der Waals surface area contributed by atoms with Crippen LogP contribution < -0.4 is 26.2 Å². The third-order valence-corrected chi connectivity index (χ3v) is 23.4. The first-order valence-electron chi connectivity index (χ1n) is 41.4. The Balaban J connectivity index is 0.716. The van der Waals surface area contributed by atoms with Crippen molar-refractivity contribution < 1.29 is 0 Å². The molecule has 0 atom stereocenters. The Morgan fingerprint density at radius 1 is 0.177 bits per heavy atom. The fraction of sp³-hybridized carbons (Fsp3) is 0. The molecule has 5 aromatic heterocycles. The summed E-state index contributed by atoms with van der Waals surface area (Å²) in [5, 5.41) is 1.81. The molecule has 23 rings (SSSR count). The molecule has 16 aromatic carbocycles. The zero-order valence-corrected chi connectivity index (χ0v) is 66.7. The van der Waals surface area contributed by atoms with Crippen LogP contribution in [0.15, 0.2) is 419 Å². The number of benzene rings is 16. The van der Waals surface area contributed by atoms with Gasteiger partial charge in [-0.25, -0.2) is 54.8 Å². The Morgan fingerprint density at radius 2 is 0.484 bits per heavy atom. The maximum Gasteiger partial charge on any atom is 0.252 e.